The molecule has 4 nitrogen and oxygen atoms in total. The van der Waals surface area contributed by atoms with Crippen molar-refractivity contribution in [2.24, 2.45) is 4.99 Å². The van der Waals surface area contributed by atoms with E-state index >= 15 is 0 Å². The van der Waals surface area contributed by atoms with Crippen LogP contribution in [0.2, 0.25) is 5.02 Å². The van der Waals surface area contributed by atoms with Gasteiger partial charge in [0.1, 0.15) is 5.75 Å². The number of aromatic hydroxyl groups is 1. The van der Waals surface area contributed by atoms with Crippen LogP contribution in [0.15, 0.2) is 47.5 Å². The number of hydrogen-bond acceptors (Lipinski definition) is 4. The van der Waals surface area contributed by atoms with Crippen molar-refractivity contribution in [2.45, 2.75) is 12.8 Å². The molecule has 2 aromatic rings. The summed E-state index contributed by atoms with van der Waals surface area (Å²) in [6.45, 7) is 0. The molecule has 5 heteroatoms. The zero-order valence-corrected chi connectivity index (χ0v) is 12.9. The minimum Gasteiger partial charge on any atom is -0.508 e. The predicted octanol–water partition coefficient (Wildman–Crippen LogP) is 3.90. The Morgan fingerprint density at radius 3 is 2.86 bits per heavy atom. The molecule has 0 atom stereocenters. The number of aliphatic imine (C=N–C) groups is 1. The third kappa shape index (κ3) is 4.60. The second-order valence-corrected chi connectivity index (χ2v) is 5.14. The van der Waals surface area contributed by atoms with Gasteiger partial charge in [0.15, 0.2) is 0 Å². The lowest BCUT2D eigenvalue weighted by atomic mass is 10.1. The van der Waals surface area contributed by atoms with E-state index in [1.54, 1.807) is 36.5 Å². The molecule has 0 saturated heterocycles. The molecule has 0 heterocycles. The van der Waals surface area contributed by atoms with E-state index in [-0.39, 0.29) is 18.1 Å². The molecule has 0 aromatic heterocycles. The van der Waals surface area contributed by atoms with E-state index < -0.39 is 0 Å². The molecule has 0 spiro atoms. The summed E-state index contributed by atoms with van der Waals surface area (Å²) in [4.78, 5) is 15.6. The van der Waals surface area contributed by atoms with Crippen molar-refractivity contribution in [1.29, 1.82) is 0 Å². The van der Waals surface area contributed by atoms with Gasteiger partial charge in [-0.25, -0.2) is 0 Å². The number of halogens is 1. The van der Waals surface area contributed by atoms with Crippen LogP contribution in [-0.2, 0) is 16.0 Å². The standard InChI is InChI=1S/C17H16ClNO3/c1-22-17(21)8-6-13-5-7-15(20)10-16(13)19-11-12-3-2-4-14(18)9-12/h2-5,7,9-11,20H,6,8H2,1H3. The minimum atomic E-state index is -0.280. The maximum atomic E-state index is 11.3. The molecule has 114 valence electrons. The Morgan fingerprint density at radius 2 is 2.14 bits per heavy atom. The van der Waals surface area contributed by atoms with Crippen LogP contribution in [0.3, 0.4) is 0 Å². The van der Waals surface area contributed by atoms with Gasteiger partial charge in [-0.3, -0.25) is 9.79 Å². The molecule has 0 aliphatic carbocycles. The average molecular weight is 318 g/mol. The lowest BCUT2D eigenvalue weighted by Crippen LogP contribution is -2.02. The quantitative estimate of drug-likeness (QED) is 0.672. The monoisotopic (exact) mass is 317 g/mol. The van der Waals surface area contributed by atoms with Crippen molar-refractivity contribution in [2.75, 3.05) is 7.11 Å². The Labute approximate surface area is 134 Å². The van der Waals surface area contributed by atoms with Gasteiger partial charge in [-0.2, -0.15) is 0 Å². The van der Waals surface area contributed by atoms with Crippen LogP contribution in [0.4, 0.5) is 5.69 Å². The summed E-state index contributed by atoms with van der Waals surface area (Å²) in [5.41, 5.74) is 2.33. The maximum absolute atomic E-state index is 11.3. The third-order valence-electron chi connectivity index (χ3n) is 3.10. The van der Waals surface area contributed by atoms with E-state index in [4.69, 9.17) is 11.6 Å². The molecule has 0 aliphatic heterocycles. The summed E-state index contributed by atoms with van der Waals surface area (Å²) in [6, 6.07) is 12.2. The number of benzene rings is 2. The zero-order valence-electron chi connectivity index (χ0n) is 12.1. The molecule has 22 heavy (non-hydrogen) atoms. The summed E-state index contributed by atoms with van der Waals surface area (Å²) in [6.07, 6.45) is 2.43. The number of ether oxygens (including phenoxy) is 1. The minimum absolute atomic E-state index is 0.125. The van der Waals surface area contributed by atoms with Gasteiger partial charge in [0.05, 0.1) is 12.8 Å². The Kier molecular flexibility index (Phi) is 5.55. The number of nitrogens with zero attached hydrogens (tertiary/aromatic N) is 1. The molecule has 0 fully saturated rings. The van der Waals surface area contributed by atoms with E-state index in [0.29, 0.717) is 17.1 Å². The van der Waals surface area contributed by atoms with Gasteiger partial charge < -0.3 is 9.84 Å². The predicted molar refractivity (Wildman–Crippen MR) is 87.1 cm³/mol. The Balaban J connectivity index is 2.21. The summed E-state index contributed by atoms with van der Waals surface area (Å²) in [5, 5.41) is 10.2. The smallest absolute Gasteiger partial charge is 0.305 e. The van der Waals surface area contributed by atoms with Crippen LogP contribution in [0.1, 0.15) is 17.5 Å². The van der Waals surface area contributed by atoms with Crippen LogP contribution in [0.25, 0.3) is 0 Å². The highest BCUT2D eigenvalue weighted by molar-refractivity contribution is 6.30. The van der Waals surface area contributed by atoms with E-state index in [1.165, 1.54) is 7.11 Å². The topological polar surface area (TPSA) is 58.9 Å². The average Bonchev–Trinajstić information content (AvgIpc) is 2.51. The van der Waals surface area contributed by atoms with Crippen LogP contribution >= 0.6 is 11.6 Å². The molecular formula is C17H16ClNO3. The van der Waals surface area contributed by atoms with Gasteiger partial charge >= 0.3 is 5.97 Å². The van der Waals surface area contributed by atoms with Crippen LogP contribution < -0.4 is 0 Å². The Hall–Kier alpha value is -2.33. The van der Waals surface area contributed by atoms with Crippen LogP contribution in [0.5, 0.6) is 5.75 Å². The molecule has 2 rings (SSSR count). The Morgan fingerprint density at radius 1 is 1.32 bits per heavy atom. The number of esters is 1. The molecule has 0 saturated carbocycles. The van der Waals surface area contributed by atoms with E-state index in [1.807, 2.05) is 12.1 Å². The van der Waals surface area contributed by atoms with Crippen molar-refractivity contribution < 1.29 is 14.6 Å². The summed E-state index contributed by atoms with van der Waals surface area (Å²) >= 11 is 5.93. The largest absolute Gasteiger partial charge is 0.508 e. The van der Waals surface area contributed by atoms with E-state index in [9.17, 15) is 9.90 Å². The summed E-state index contributed by atoms with van der Waals surface area (Å²) in [7, 11) is 1.36. The fraction of sp³-hybridized carbons (Fsp3) is 0.176. The number of rotatable bonds is 5. The van der Waals surface area contributed by atoms with Crippen LogP contribution in [0, 0.1) is 0 Å². The van der Waals surface area contributed by atoms with Gasteiger partial charge in [0.25, 0.3) is 0 Å². The zero-order chi connectivity index (χ0) is 15.9. The highest BCUT2D eigenvalue weighted by Gasteiger charge is 2.06. The first-order valence-corrected chi connectivity index (χ1v) is 7.14. The van der Waals surface area contributed by atoms with Crippen molar-refractivity contribution in [3.63, 3.8) is 0 Å². The number of aryl methyl sites for hydroxylation is 1. The maximum Gasteiger partial charge on any atom is 0.305 e. The number of carbonyl (C=O) groups excluding carboxylic acids is 1. The molecule has 0 radical (unpaired) electrons. The fourth-order valence-corrected chi connectivity index (χ4v) is 2.15. The molecular weight excluding hydrogens is 302 g/mol. The van der Waals surface area contributed by atoms with Crippen molar-refractivity contribution >= 4 is 29.5 Å². The first-order valence-electron chi connectivity index (χ1n) is 6.77. The fourth-order valence-electron chi connectivity index (χ4n) is 1.95. The van der Waals surface area contributed by atoms with Gasteiger partial charge in [-0.1, -0.05) is 29.8 Å². The Bertz CT molecular complexity index is 698. The number of carbonyl (C=O) groups is 1. The highest BCUT2D eigenvalue weighted by Crippen LogP contribution is 2.26. The highest BCUT2D eigenvalue weighted by atomic mass is 35.5. The molecule has 0 amide bonds. The van der Waals surface area contributed by atoms with Crippen molar-refractivity contribution in [1.82, 2.24) is 0 Å². The summed E-state index contributed by atoms with van der Waals surface area (Å²) < 4.78 is 4.64. The number of methoxy groups -OCH3 is 1. The van der Waals surface area contributed by atoms with Gasteiger partial charge in [0.2, 0.25) is 0 Å². The molecule has 0 bridgehead atoms. The third-order valence-corrected chi connectivity index (χ3v) is 3.33. The number of phenols is 1. The molecule has 2 aromatic carbocycles. The van der Waals surface area contributed by atoms with Crippen LogP contribution in [-0.4, -0.2) is 24.4 Å². The van der Waals surface area contributed by atoms with E-state index in [2.05, 4.69) is 9.73 Å². The number of hydrogen-bond donors (Lipinski definition) is 1. The lowest BCUT2D eigenvalue weighted by molar-refractivity contribution is -0.140. The molecule has 0 unspecified atom stereocenters. The van der Waals surface area contributed by atoms with Crippen molar-refractivity contribution in [3.8, 4) is 5.75 Å². The van der Waals surface area contributed by atoms with Gasteiger partial charge in [-0.05, 0) is 35.7 Å². The lowest BCUT2D eigenvalue weighted by Gasteiger charge is -2.06. The first-order chi connectivity index (χ1) is 10.6. The first kappa shape index (κ1) is 16.0. The van der Waals surface area contributed by atoms with Crippen molar-refractivity contribution in [3.05, 3.63) is 58.6 Å². The number of phenolic OH excluding ortho intramolecular Hbond substituents is 1. The summed E-state index contributed by atoms with van der Waals surface area (Å²) in [5.74, 6) is -0.155. The molecule has 1 N–H and O–H groups in total. The van der Waals surface area contributed by atoms with Gasteiger partial charge in [0, 0.05) is 23.7 Å². The normalized spacial score (nSPS) is 10.8. The second-order valence-electron chi connectivity index (χ2n) is 4.70. The molecule has 0 aliphatic rings. The second kappa shape index (κ2) is 7.61. The SMILES string of the molecule is COC(=O)CCc1ccc(O)cc1N=Cc1cccc(Cl)c1. The van der Waals surface area contributed by atoms with Gasteiger partial charge in [-0.15, -0.1) is 0 Å². The van der Waals surface area contributed by atoms with E-state index in [0.717, 1.165) is 11.1 Å².